The van der Waals surface area contributed by atoms with Crippen molar-refractivity contribution in [3.63, 3.8) is 0 Å². The fourth-order valence-electron chi connectivity index (χ4n) is 5.57. The van der Waals surface area contributed by atoms with E-state index >= 15 is 4.39 Å². The highest BCUT2D eigenvalue weighted by atomic mass is 32.1. The highest BCUT2D eigenvalue weighted by Gasteiger charge is 2.26. The molecule has 8 heteroatoms. The Bertz CT molecular complexity index is 1480. The second-order valence-corrected chi connectivity index (χ2v) is 11.8. The van der Waals surface area contributed by atoms with E-state index in [4.69, 9.17) is 4.74 Å². The lowest BCUT2D eigenvalue weighted by atomic mass is 9.95. The minimum Gasteiger partial charge on any atom is -0.486 e. The molecule has 4 heterocycles. The summed E-state index contributed by atoms with van der Waals surface area (Å²) in [4.78, 5) is 14.7. The molecule has 2 aliphatic rings. The molecule has 1 saturated heterocycles. The van der Waals surface area contributed by atoms with Crippen LogP contribution in [0.25, 0.3) is 21.3 Å². The number of rotatable bonds is 5. The first-order chi connectivity index (χ1) is 18.4. The van der Waals surface area contributed by atoms with E-state index in [-0.39, 0.29) is 17.5 Å². The Kier molecular flexibility index (Phi) is 6.78. The van der Waals surface area contributed by atoms with Crippen LogP contribution in [0.4, 0.5) is 14.5 Å². The molecule has 0 N–H and O–H groups in total. The molecule has 0 radical (unpaired) electrons. The monoisotopic (exact) mass is 534 g/mol. The van der Waals surface area contributed by atoms with Crippen molar-refractivity contribution in [3.05, 3.63) is 70.5 Å². The van der Waals surface area contributed by atoms with Crippen LogP contribution in [0.2, 0.25) is 0 Å². The van der Waals surface area contributed by atoms with Crippen molar-refractivity contribution >= 4 is 27.1 Å². The van der Waals surface area contributed by atoms with Crippen molar-refractivity contribution in [1.82, 2.24) is 14.9 Å². The molecule has 0 saturated carbocycles. The van der Waals surface area contributed by atoms with Crippen LogP contribution in [0.1, 0.15) is 48.9 Å². The van der Waals surface area contributed by atoms with Crippen LogP contribution in [-0.2, 0) is 6.42 Å². The minimum absolute atomic E-state index is 0.104. The molecule has 0 spiro atoms. The van der Waals surface area contributed by atoms with Gasteiger partial charge in [0, 0.05) is 27.6 Å². The first-order valence-electron chi connectivity index (χ1n) is 13.3. The fraction of sp³-hybridized carbons (Fsp3) is 0.400. The molecule has 6 rings (SSSR count). The Morgan fingerprint density at radius 3 is 2.66 bits per heavy atom. The summed E-state index contributed by atoms with van der Waals surface area (Å²) < 4.78 is 36.8. The summed E-state index contributed by atoms with van der Waals surface area (Å²) in [5.74, 6) is 0.264. The minimum atomic E-state index is -0.572. The zero-order valence-corrected chi connectivity index (χ0v) is 22.8. The van der Waals surface area contributed by atoms with Crippen LogP contribution < -0.4 is 9.64 Å². The van der Waals surface area contributed by atoms with Gasteiger partial charge in [0.2, 0.25) is 0 Å². The molecular formula is C30H32F2N4OS. The number of likely N-dealkylation sites (tertiary alicyclic amines) is 1. The van der Waals surface area contributed by atoms with Gasteiger partial charge in [0.1, 0.15) is 18.1 Å². The smallest absolute Gasteiger partial charge is 0.178 e. The number of benzene rings is 2. The molecular weight excluding hydrogens is 502 g/mol. The van der Waals surface area contributed by atoms with E-state index in [1.807, 2.05) is 25.2 Å². The number of hydrogen-bond donors (Lipinski definition) is 0. The third-order valence-corrected chi connectivity index (χ3v) is 8.96. The van der Waals surface area contributed by atoms with Crippen molar-refractivity contribution < 1.29 is 13.5 Å². The Hall–Kier alpha value is -3.10. The largest absolute Gasteiger partial charge is 0.486 e. The van der Waals surface area contributed by atoms with Crippen LogP contribution in [0, 0.1) is 11.6 Å². The molecule has 2 aromatic carbocycles. The maximum Gasteiger partial charge on any atom is 0.178 e. The maximum absolute atomic E-state index is 15.0. The summed E-state index contributed by atoms with van der Waals surface area (Å²) in [7, 11) is 2.19. The van der Waals surface area contributed by atoms with Gasteiger partial charge in [-0.15, -0.1) is 11.3 Å². The van der Waals surface area contributed by atoms with Gasteiger partial charge < -0.3 is 14.5 Å². The van der Waals surface area contributed by atoms with E-state index in [1.54, 1.807) is 6.07 Å². The van der Waals surface area contributed by atoms with Gasteiger partial charge in [-0.3, -0.25) is 0 Å². The van der Waals surface area contributed by atoms with Crippen LogP contribution >= 0.6 is 11.3 Å². The molecule has 38 heavy (non-hydrogen) atoms. The molecule has 0 atom stereocenters. The van der Waals surface area contributed by atoms with E-state index in [2.05, 4.69) is 51.1 Å². The summed E-state index contributed by atoms with van der Waals surface area (Å²) in [6.45, 7) is 7.45. The van der Waals surface area contributed by atoms with Crippen molar-refractivity contribution in [3.8, 4) is 17.0 Å². The first kappa shape index (κ1) is 25.2. The highest BCUT2D eigenvalue weighted by molar-refractivity contribution is 7.19. The molecule has 1 fully saturated rings. The van der Waals surface area contributed by atoms with Gasteiger partial charge in [0.15, 0.2) is 17.4 Å². The lowest BCUT2D eigenvalue weighted by molar-refractivity contribution is 0.257. The first-order valence-corrected chi connectivity index (χ1v) is 14.1. The predicted molar refractivity (Wildman–Crippen MR) is 149 cm³/mol. The predicted octanol–water partition coefficient (Wildman–Crippen LogP) is 6.64. The Morgan fingerprint density at radius 1 is 1.05 bits per heavy atom. The normalized spacial score (nSPS) is 16.7. The van der Waals surface area contributed by atoms with Crippen molar-refractivity contribution in [2.45, 2.75) is 45.1 Å². The van der Waals surface area contributed by atoms with E-state index in [0.717, 1.165) is 18.7 Å². The van der Waals surface area contributed by atoms with Crippen LogP contribution in [0.3, 0.4) is 0 Å². The van der Waals surface area contributed by atoms with Gasteiger partial charge in [-0.25, -0.2) is 18.7 Å². The zero-order valence-electron chi connectivity index (χ0n) is 22.0. The molecule has 2 aliphatic heterocycles. The van der Waals surface area contributed by atoms with Gasteiger partial charge >= 0.3 is 0 Å². The number of nitrogens with zero attached hydrogens (tertiary/aromatic N) is 4. The summed E-state index contributed by atoms with van der Waals surface area (Å²) >= 11 is 1.89. The van der Waals surface area contributed by atoms with Crippen molar-refractivity contribution in [1.29, 1.82) is 0 Å². The third kappa shape index (κ3) is 4.87. The number of thiophene rings is 1. The molecule has 0 aliphatic carbocycles. The quantitative estimate of drug-likeness (QED) is 0.287. The van der Waals surface area contributed by atoms with Gasteiger partial charge in [-0.05, 0) is 94.0 Å². The zero-order chi connectivity index (χ0) is 26.4. The highest BCUT2D eigenvalue weighted by Crippen LogP contribution is 2.40. The summed E-state index contributed by atoms with van der Waals surface area (Å²) in [6.07, 6.45) is 4.06. The van der Waals surface area contributed by atoms with Crippen molar-refractivity contribution in [2.75, 3.05) is 38.2 Å². The lowest BCUT2D eigenvalue weighted by Crippen LogP contribution is -2.38. The molecule has 2 aromatic heterocycles. The Morgan fingerprint density at radius 2 is 1.87 bits per heavy atom. The number of halogens is 2. The molecule has 198 valence electrons. The standard InChI is InChI=1S/C30H32F2N4OS/c1-18(2)36-10-11-37-30-23(31)14-22(15-25(30)36)29-24(32)17-33-28(34-29)13-19-4-5-26-21(12-19)16-27(38-26)20-6-8-35(3)9-7-20/h4-5,12,14-18,20H,6-11,13H2,1-3H3. The third-order valence-electron chi connectivity index (χ3n) is 7.69. The van der Waals surface area contributed by atoms with Crippen molar-refractivity contribution in [2.24, 2.45) is 0 Å². The molecule has 4 aromatic rings. The number of aromatic nitrogens is 2. The SMILES string of the molecule is CC(C)N1CCOc2c(F)cc(-c3nc(Cc4ccc5sc(C6CCN(C)CC6)cc5c4)ncc3F)cc21. The number of fused-ring (bicyclic) bond motifs is 2. The molecule has 0 unspecified atom stereocenters. The number of hydrogen-bond acceptors (Lipinski definition) is 6. The number of ether oxygens (including phenoxy) is 1. The van der Waals surface area contributed by atoms with Crippen LogP contribution in [-0.4, -0.2) is 54.2 Å². The Labute approximate surface area is 226 Å². The van der Waals surface area contributed by atoms with Gasteiger partial charge in [0.25, 0.3) is 0 Å². The van der Waals surface area contributed by atoms with Gasteiger partial charge in [-0.1, -0.05) is 6.07 Å². The summed E-state index contributed by atoms with van der Waals surface area (Å²) in [6, 6.07) is 12.0. The van der Waals surface area contributed by atoms with Crippen LogP contribution in [0.15, 0.2) is 42.6 Å². The second-order valence-electron chi connectivity index (χ2n) is 10.7. The summed E-state index contributed by atoms with van der Waals surface area (Å²) in [5, 5.41) is 1.23. The fourth-order valence-corrected chi connectivity index (χ4v) is 6.78. The molecule has 0 bridgehead atoms. The molecule has 5 nitrogen and oxygen atoms in total. The van der Waals surface area contributed by atoms with E-state index in [1.165, 1.54) is 40.1 Å². The van der Waals surface area contributed by atoms with Gasteiger partial charge in [0.05, 0.1) is 18.4 Å². The Balaban J connectivity index is 1.28. The number of piperidine rings is 1. The average Bonchev–Trinajstić information content (AvgIpc) is 3.33. The second kappa shape index (κ2) is 10.2. The lowest BCUT2D eigenvalue weighted by Gasteiger charge is -2.34. The van der Waals surface area contributed by atoms with Crippen LogP contribution in [0.5, 0.6) is 5.75 Å². The van der Waals surface area contributed by atoms with E-state index in [0.29, 0.717) is 42.6 Å². The number of anilines is 1. The topological polar surface area (TPSA) is 41.5 Å². The average molecular weight is 535 g/mol. The van der Waals surface area contributed by atoms with Gasteiger partial charge in [-0.2, -0.15) is 0 Å². The maximum atomic E-state index is 15.0. The van der Waals surface area contributed by atoms with E-state index < -0.39 is 11.6 Å². The molecule has 0 amide bonds. The van der Waals surface area contributed by atoms with E-state index in [9.17, 15) is 4.39 Å². The summed E-state index contributed by atoms with van der Waals surface area (Å²) in [5.41, 5.74) is 2.18.